The first kappa shape index (κ1) is 9.97. The number of nitrogens with two attached hydrogens (primary N) is 1. The van der Waals surface area contributed by atoms with Crippen LogP contribution in [0.3, 0.4) is 0 Å². The summed E-state index contributed by atoms with van der Waals surface area (Å²) in [4.78, 5) is 14.1. The first-order valence-corrected chi connectivity index (χ1v) is 5.89. The maximum atomic E-state index is 12.0. The number of piperidine rings is 1. The lowest BCUT2D eigenvalue weighted by atomic mass is 9.98. The first-order valence-electron chi connectivity index (χ1n) is 5.89. The molecule has 2 N–H and O–H groups in total. The zero-order valence-corrected chi connectivity index (χ0v) is 9.04. The van der Waals surface area contributed by atoms with Crippen LogP contribution in [0.5, 0.6) is 0 Å². The molecule has 14 heavy (non-hydrogen) atoms. The van der Waals surface area contributed by atoms with Gasteiger partial charge < -0.3 is 10.2 Å². The average molecular weight is 197 g/mol. The lowest BCUT2D eigenvalue weighted by Gasteiger charge is -2.31. The van der Waals surface area contributed by atoms with Gasteiger partial charge in [0.1, 0.15) is 0 Å². The molecule has 1 atom stereocenters. The van der Waals surface area contributed by atoms with Crippen molar-refractivity contribution in [2.24, 2.45) is 5.92 Å². The van der Waals surface area contributed by atoms with Gasteiger partial charge in [-0.1, -0.05) is 6.92 Å². The lowest BCUT2D eigenvalue weighted by molar-refractivity contribution is -0.658. The van der Waals surface area contributed by atoms with E-state index in [0.717, 1.165) is 32.0 Å². The van der Waals surface area contributed by atoms with Crippen molar-refractivity contribution in [3.05, 3.63) is 0 Å². The van der Waals surface area contributed by atoms with E-state index in [0.29, 0.717) is 5.91 Å². The number of likely N-dealkylation sites (tertiary alicyclic amines) is 1. The van der Waals surface area contributed by atoms with Gasteiger partial charge in [0.15, 0.2) is 6.04 Å². The molecule has 2 heterocycles. The Morgan fingerprint density at radius 2 is 2.00 bits per heavy atom. The normalized spacial score (nSPS) is 29.5. The lowest BCUT2D eigenvalue weighted by Crippen LogP contribution is -2.89. The molecule has 3 nitrogen and oxygen atoms in total. The third-order valence-electron chi connectivity index (χ3n) is 3.58. The molecule has 80 valence electrons. The van der Waals surface area contributed by atoms with E-state index in [1.54, 1.807) is 0 Å². The van der Waals surface area contributed by atoms with Crippen LogP contribution in [0.1, 0.15) is 32.6 Å². The third-order valence-corrected chi connectivity index (χ3v) is 3.58. The van der Waals surface area contributed by atoms with Crippen LogP contribution in [-0.2, 0) is 4.79 Å². The second kappa shape index (κ2) is 4.30. The predicted molar refractivity (Wildman–Crippen MR) is 54.8 cm³/mol. The molecule has 0 aromatic heterocycles. The molecule has 0 unspecified atom stereocenters. The monoisotopic (exact) mass is 197 g/mol. The second-order valence-corrected chi connectivity index (χ2v) is 4.78. The highest BCUT2D eigenvalue weighted by molar-refractivity contribution is 5.80. The summed E-state index contributed by atoms with van der Waals surface area (Å²) in [6.07, 6.45) is 4.68. The van der Waals surface area contributed by atoms with Gasteiger partial charge in [-0.05, 0) is 18.8 Å². The predicted octanol–water partition coefficient (Wildman–Crippen LogP) is -0.0293. The van der Waals surface area contributed by atoms with Gasteiger partial charge in [0.05, 0.1) is 6.54 Å². The Kier molecular flexibility index (Phi) is 3.06. The first-order chi connectivity index (χ1) is 6.77. The van der Waals surface area contributed by atoms with Crippen LogP contribution < -0.4 is 5.32 Å². The molecule has 0 aromatic rings. The highest BCUT2D eigenvalue weighted by atomic mass is 16.2. The fourth-order valence-corrected chi connectivity index (χ4v) is 2.46. The molecule has 0 radical (unpaired) electrons. The highest BCUT2D eigenvalue weighted by Crippen LogP contribution is 2.17. The van der Waals surface area contributed by atoms with Crippen LogP contribution in [0.2, 0.25) is 0 Å². The van der Waals surface area contributed by atoms with Gasteiger partial charge in [0, 0.05) is 25.9 Å². The molecule has 0 aliphatic carbocycles. The van der Waals surface area contributed by atoms with E-state index < -0.39 is 0 Å². The summed E-state index contributed by atoms with van der Waals surface area (Å²) in [5.41, 5.74) is 0. The number of hydrogen-bond acceptors (Lipinski definition) is 1. The zero-order chi connectivity index (χ0) is 9.97. The standard InChI is InChI=1S/C11H20N2O/c1-9-4-7-13(8-5-9)11(14)10-3-2-6-12-10/h9-10,12H,2-8H2,1H3/p+1/t10-/m1/s1. The third kappa shape index (κ3) is 2.08. The molecule has 2 rings (SSSR count). The highest BCUT2D eigenvalue weighted by Gasteiger charge is 2.31. The van der Waals surface area contributed by atoms with E-state index in [4.69, 9.17) is 0 Å². The molecule has 0 bridgehead atoms. The van der Waals surface area contributed by atoms with Gasteiger partial charge in [-0.25, -0.2) is 0 Å². The van der Waals surface area contributed by atoms with Gasteiger partial charge >= 0.3 is 0 Å². The van der Waals surface area contributed by atoms with Gasteiger partial charge in [0.2, 0.25) is 0 Å². The number of amides is 1. The number of rotatable bonds is 1. The van der Waals surface area contributed by atoms with Gasteiger partial charge in [-0.3, -0.25) is 4.79 Å². The molecule has 2 aliphatic heterocycles. The molecule has 0 saturated carbocycles. The van der Waals surface area contributed by atoms with Crippen LogP contribution in [0.15, 0.2) is 0 Å². The van der Waals surface area contributed by atoms with Crippen molar-refractivity contribution in [2.45, 2.75) is 38.6 Å². The van der Waals surface area contributed by atoms with Gasteiger partial charge in [-0.15, -0.1) is 0 Å². The van der Waals surface area contributed by atoms with Gasteiger partial charge in [0.25, 0.3) is 5.91 Å². The zero-order valence-electron chi connectivity index (χ0n) is 9.04. The number of nitrogens with zero attached hydrogens (tertiary/aromatic N) is 1. The number of hydrogen-bond donors (Lipinski definition) is 1. The van der Waals surface area contributed by atoms with Crippen molar-refractivity contribution < 1.29 is 10.1 Å². The minimum Gasteiger partial charge on any atom is -0.338 e. The van der Waals surface area contributed by atoms with Crippen LogP contribution in [0.4, 0.5) is 0 Å². The summed E-state index contributed by atoms with van der Waals surface area (Å²) < 4.78 is 0. The topological polar surface area (TPSA) is 36.9 Å². The Labute approximate surface area is 85.8 Å². The Bertz CT molecular complexity index is 203. The van der Waals surface area contributed by atoms with Gasteiger partial charge in [-0.2, -0.15) is 0 Å². The average Bonchev–Trinajstić information content (AvgIpc) is 2.71. The molecule has 0 aromatic carbocycles. The van der Waals surface area contributed by atoms with E-state index in [1.807, 2.05) is 0 Å². The second-order valence-electron chi connectivity index (χ2n) is 4.78. The summed E-state index contributed by atoms with van der Waals surface area (Å²) >= 11 is 0. The summed E-state index contributed by atoms with van der Waals surface area (Å²) in [7, 11) is 0. The minimum absolute atomic E-state index is 0.253. The van der Waals surface area contributed by atoms with Crippen LogP contribution in [0, 0.1) is 5.92 Å². The van der Waals surface area contributed by atoms with E-state index in [-0.39, 0.29) is 6.04 Å². The van der Waals surface area contributed by atoms with Crippen LogP contribution >= 0.6 is 0 Å². The molecule has 2 saturated heterocycles. The van der Waals surface area contributed by atoms with Crippen molar-refractivity contribution >= 4 is 5.91 Å². The number of quaternary nitrogens is 1. The van der Waals surface area contributed by atoms with E-state index in [9.17, 15) is 4.79 Å². The maximum absolute atomic E-state index is 12.0. The largest absolute Gasteiger partial charge is 0.338 e. The van der Waals surface area contributed by atoms with Crippen molar-refractivity contribution in [1.29, 1.82) is 0 Å². The van der Waals surface area contributed by atoms with Crippen LogP contribution in [-0.4, -0.2) is 36.5 Å². The summed E-state index contributed by atoms with van der Waals surface area (Å²) in [5.74, 6) is 1.21. The van der Waals surface area contributed by atoms with Crippen molar-refractivity contribution in [3.63, 3.8) is 0 Å². The fraction of sp³-hybridized carbons (Fsp3) is 0.909. The van der Waals surface area contributed by atoms with E-state index in [2.05, 4.69) is 17.1 Å². The molecule has 2 aliphatic rings. The number of carbonyl (C=O) groups is 1. The summed E-state index contributed by atoms with van der Waals surface area (Å²) in [5, 5.41) is 2.21. The molecule has 2 fully saturated rings. The quantitative estimate of drug-likeness (QED) is 0.630. The number of carbonyl (C=O) groups excluding carboxylic acids is 1. The van der Waals surface area contributed by atoms with E-state index >= 15 is 0 Å². The van der Waals surface area contributed by atoms with Crippen molar-refractivity contribution in [1.82, 2.24) is 4.90 Å². The van der Waals surface area contributed by atoms with Crippen molar-refractivity contribution in [3.8, 4) is 0 Å². The molecular formula is C11H21N2O+. The Hall–Kier alpha value is -0.570. The Morgan fingerprint density at radius 1 is 1.29 bits per heavy atom. The molecule has 0 spiro atoms. The molecular weight excluding hydrogens is 176 g/mol. The SMILES string of the molecule is CC1CCN(C(=O)[C@H]2CCC[NH2+]2)CC1. The minimum atomic E-state index is 0.253. The fourth-order valence-electron chi connectivity index (χ4n) is 2.46. The van der Waals surface area contributed by atoms with E-state index in [1.165, 1.54) is 19.3 Å². The summed E-state index contributed by atoms with van der Waals surface area (Å²) in [6.45, 7) is 5.40. The summed E-state index contributed by atoms with van der Waals surface area (Å²) in [6, 6.07) is 0.253. The smallest absolute Gasteiger partial charge is 0.280 e. The Balaban J connectivity index is 1.85. The Morgan fingerprint density at radius 3 is 2.57 bits per heavy atom. The van der Waals surface area contributed by atoms with Crippen molar-refractivity contribution in [2.75, 3.05) is 19.6 Å². The van der Waals surface area contributed by atoms with Crippen LogP contribution in [0.25, 0.3) is 0 Å². The maximum Gasteiger partial charge on any atom is 0.280 e. The molecule has 1 amide bonds. The molecule has 3 heteroatoms.